The van der Waals surface area contributed by atoms with Crippen LogP contribution in [-0.2, 0) is 17.9 Å². The third kappa shape index (κ3) is 4.64. The maximum absolute atomic E-state index is 13.9. The van der Waals surface area contributed by atoms with Gasteiger partial charge in [-0.3, -0.25) is 14.4 Å². The lowest BCUT2D eigenvalue weighted by Crippen LogP contribution is -2.48. The minimum Gasteiger partial charge on any atom is -0.340 e. The summed E-state index contributed by atoms with van der Waals surface area (Å²) < 4.78 is 16.6. The highest BCUT2D eigenvalue weighted by Gasteiger charge is 2.22. The van der Waals surface area contributed by atoms with Gasteiger partial charge in [0.2, 0.25) is 5.91 Å². The van der Waals surface area contributed by atoms with Crippen LogP contribution in [0.3, 0.4) is 0 Å². The fourth-order valence-corrected chi connectivity index (χ4v) is 3.58. The third-order valence-corrected chi connectivity index (χ3v) is 5.74. The van der Waals surface area contributed by atoms with Gasteiger partial charge in [-0.1, -0.05) is 17.7 Å². The summed E-state index contributed by atoms with van der Waals surface area (Å²) >= 11 is 9.52. The number of hydrogen-bond acceptors (Lipinski definition) is 3. The lowest BCUT2D eigenvalue weighted by Gasteiger charge is -2.35. The summed E-state index contributed by atoms with van der Waals surface area (Å²) in [4.78, 5) is 16.4. The number of nitrogens with zero attached hydrogens (tertiary/aromatic N) is 4. The van der Waals surface area contributed by atoms with Gasteiger partial charge in [0.1, 0.15) is 5.82 Å². The van der Waals surface area contributed by atoms with Gasteiger partial charge >= 0.3 is 0 Å². The second-order valence-electron chi connectivity index (χ2n) is 6.43. The predicted octanol–water partition coefficient (Wildman–Crippen LogP) is 3.48. The van der Waals surface area contributed by atoms with Crippen LogP contribution in [0.15, 0.2) is 28.9 Å². The van der Waals surface area contributed by atoms with Crippen molar-refractivity contribution in [1.82, 2.24) is 19.6 Å². The van der Waals surface area contributed by atoms with Crippen molar-refractivity contribution in [2.24, 2.45) is 0 Å². The molecule has 26 heavy (non-hydrogen) atoms. The van der Waals surface area contributed by atoms with Gasteiger partial charge in [-0.15, -0.1) is 0 Å². The van der Waals surface area contributed by atoms with Crippen LogP contribution >= 0.6 is 27.5 Å². The highest BCUT2D eigenvalue weighted by Crippen LogP contribution is 2.21. The Balaban J connectivity index is 1.48. The molecule has 0 aliphatic carbocycles. The van der Waals surface area contributed by atoms with E-state index in [2.05, 4.69) is 25.9 Å². The molecule has 0 unspecified atom stereocenters. The van der Waals surface area contributed by atoms with E-state index in [4.69, 9.17) is 11.6 Å². The number of carbonyl (C=O) groups is 1. The summed E-state index contributed by atoms with van der Waals surface area (Å²) in [6, 6.07) is 4.74. The number of halogens is 3. The molecule has 1 aromatic heterocycles. The molecule has 0 atom stereocenters. The number of rotatable bonds is 5. The first kappa shape index (κ1) is 19.3. The number of piperazine rings is 1. The summed E-state index contributed by atoms with van der Waals surface area (Å²) in [7, 11) is 0. The lowest BCUT2D eigenvalue weighted by atomic mass is 10.1. The van der Waals surface area contributed by atoms with Gasteiger partial charge in [-0.2, -0.15) is 5.10 Å². The summed E-state index contributed by atoms with van der Waals surface area (Å²) in [5.41, 5.74) is 1.44. The van der Waals surface area contributed by atoms with Crippen molar-refractivity contribution in [3.05, 3.63) is 51.0 Å². The summed E-state index contributed by atoms with van der Waals surface area (Å²) in [6.07, 6.45) is 2.31. The molecular weight excluding hydrogens is 423 g/mol. The van der Waals surface area contributed by atoms with Crippen LogP contribution in [-0.4, -0.2) is 51.7 Å². The first-order chi connectivity index (χ1) is 12.4. The topological polar surface area (TPSA) is 41.4 Å². The Kier molecular flexibility index (Phi) is 6.32. The van der Waals surface area contributed by atoms with Crippen molar-refractivity contribution < 1.29 is 9.18 Å². The number of amides is 1. The van der Waals surface area contributed by atoms with Gasteiger partial charge in [0, 0.05) is 62.5 Å². The summed E-state index contributed by atoms with van der Waals surface area (Å²) in [5, 5.41) is 4.79. The Morgan fingerprint density at radius 1 is 1.31 bits per heavy atom. The molecule has 1 fully saturated rings. The van der Waals surface area contributed by atoms with E-state index in [0.717, 1.165) is 10.2 Å². The number of benzene rings is 1. The molecule has 3 rings (SSSR count). The van der Waals surface area contributed by atoms with Crippen LogP contribution in [0.5, 0.6) is 0 Å². The van der Waals surface area contributed by atoms with E-state index < -0.39 is 0 Å². The molecule has 0 radical (unpaired) electrons. The van der Waals surface area contributed by atoms with Gasteiger partial charge in [0.05, 0.1) is 10.2 Å². The molecule has 2 aromatic rings. The molecule has 0 saturated carbocycles. The second-order valence-corrected chi connectivity index (χ2v) is 7.69. The van der Waals surface area contributed by atoms with E-state index in [1.165, 1.54) is 6.07 Å². The Morgan fingerprint density at radius 3 is 2.65 bits per heavy atom. The van der Waals surface area contributed by atoms with Crippen molar-refractivity contribution in [2.75, 3.05) is 26.2 Å². The summed E-state index contributed by atoms with van der Waals surface area (Å²) in [5.74, 6) is -0.158. The smallest absolute Gasteiger partial charge is 0.224 e. The quantitative estimate of drug-likeness (QED) is 0.710. The van der Waals surface area contributed by atoms with Crippen molar-refractivity contribution in [3.8, 4) is 0 Å². The molecule has 2 heterocycles. The van der Waals surface area contributed by atoms with E-state index in [0.29, 0.717) is 56.3 Å². The number of carbonyl (C=O) groups excluding carboxylic acids is 1. The molecule has 1 saturated heterocycles. The van der Waals surface area contributed by atoms with E-state index >= 15 is 0 Å². The molecule has 1 aromatic carbocycles. The maximum atomic E-state index is 13.9. The summed E-state index contributed by atoms with van der Waals surface area (Å²) in [6.45, 7) is 5.67. The van der Waals surface area contributed by atoms with Crippen LogP contribution in [0.2, 0.25) is 5.02 Å². The van der Waals surface area contributed by atoms with Crippen LogP contribution in [0.25, 0.3) is 0 Å². The SMILES string of the molecule is Cc1nn(CCC(=O)N2CCN(Cc3c(F)cccc3Cl)CC2)cc1Br. The highest BCUT2D eigenvalue weighted by atomic mass is 79.9. The van der Waals surface area contributed by atoms with Gasteiger partial charge in [0.25, 0.3) is 0 Å². The normalized spacial score (nSPS) is 15.5. The molecule has 1 aliphatic heterocycles. The lowest BCUT2D eigenvalue weighted by molar-refractivity contribution is -0.133. The zero-order valence-electron chi connectivity index (χ0n) is 14.6. The van der Waals surface area contributed by atoms with E-state index in [1.807, 2.05) is 18.0 Å². The molecule has 8 heteroatoms. The molecular formula is C18H21BrClFN4O. The molecule has 140 valence electrons. The predicted molar refractivity (Wildman–Crippen MR) is 103 cm³/mol. The van der Waals surface area contributed by atoms with E-state index in [-0.39, 0.29) is 11.7 Å². The van der Waals surface area contributed by atoms with E-state index in [9.17, 15) is 9.18 Å². The van der Waals surface area contributed by atoms with Crippen molar-refractivity contribution in [1.29, 1.82) is 0 Å². The largest absolute Gasteiger partial charge is 0.340 e. The highest BCUT2D eigenvalue weighted by molar-refractivity contribution is 9.10. The van der Waals surface area contributed by atoms with Gasteiger partial charge in [0.15, 0.2) is 0 Å². The average molecular weight is 444 g/mol. The Labute approximate surface area is 165 Å². The molecule has 5 nitrogen and oxygen atoms in total. The van der Waals surface area contributed by atoms with Crippen LogP contribution in [0, 0.1) is 12.7 Å². The standard InChI is InChI=1S/C18H21BrClFN4O/c1-13-15(19)12-25(22-13)6-5-18(26)24-9-7-23(8-10-24)11-14-16(20)3-2-4-17(14)21/h2-4,12H,5-11H2,1H3. The molecule has 0 N–H and O–H groups in total. The fraction of sp³-hybridized carbons (Fsp3) is 0.444. The van der Waals surface area contributed by atoms with Crippen LogP contribution in [0.1, 0.15) is 17.7 Å². The number of aryl methyl sites for hydroxylation is 2. The first-order valence-corrected chi connectivity index (χ1v) is 9.73. The van der Waals surface area contributed by atoms with Gasteiger partial charge in [-0.25, -0.2) is 4.39 Å². The molecule has 1 amide bonds. The molecule has 1 aliphatic rings. The molecule has 0 bridgehead atoms. The zero-order valence-corrected chi connectivity index (χ0v) is 16.9. The second kappa shape index (κ2) is 8.50. The van der Waals surface area contributed by atoms with Gasteiger partial charge in [-0.05, 0) is 35.0 Å². The Bertz CT molecular complexity index is 750. The monoisotopic (exact) mass is 442 g/mol. The zero-order chi connectivity index (χ0) is 18.7. The molecule has 0 spiro atoms. The number of aromatic nitrogens is 2. The first-order valence-electron chi connectivity index (χ1n) is 8.56. The van der Waals surface area contributed by atoms with Crippen LogP contribution in [0.4, 0.5) is 4.39 Å². The van der Waals surface area contributed by atoms with Crippen molar-refractivity contribution in [2.45, 2.75) is 26.4 Å². The Morgan fingerprint density at radius 2 is 2.04 bits per heavy atom. The third-order valence-electron chi connectivity index (χ3n) is 4.61. The van der Waals surface area contributed by atoms with E-state index in [1.54, 1.807) is 16.8 Å². The Hall–Kier alpha value is -1.44. The minimum atomic E-state index is -0.281. The van der Waals surface area contributed by atoms with Gasteiger partial charge < -0.3 is 4.90 Å². The minimum absolute atomic E-state index is 0.123. The van der Waals surface area contributed by atoms with Crippen LogP contribution < -0.4 is 0 Å². The maximum Gasteiger partial charge on any atom is 0.224 e. The average Bonchev–Trinajstić information content (AvgIpc) is 2.95. The van der Waals surface area contributed by atoms with Crippen molar-refractivity contribution in [3.63, 3.8) is 0 Å². The number of hydrogen-bond donors (Lipinski definition) is 0. The fourth-order valence-electron chi connectivity index (χ4n) is 3.04. The van der Waals surface area contributed by atoms with Crippen molar-refractivity contribution >= 4 is 33.4 Å².